The predicted octanol–water partition coefficient (Wildman–Crippen LogP) is 3.53. The molecule has 0 aliphatic carbocycles. The van der Waals surface area contributed by atoms with E-state index in [4.69, 9.17) is 11.6 Å². The van der Waals surface area contributed by atoms with Gasteiger partial charge in [0, 0.05) is 0 Å². The molecule has 114 valence electrons. The van der Waals surface area contributed by atoms with Gasteiger partial charge in [0.15, 0.2) is 0 Å². The second-order valence-corrected chi connectivity index (χ2v) is 5.05. The molecule has 4 nitrogen and oxygen atoms in total. The molecule has 0 radical (unpaired) electrons. The maximum atomic E-state index is 12.8. The van der Waals surface area contributed by atoms with Crippen molar-refractivity contribution >= 4 is 11.6 Å². The van der Waals surface area contributed by atoms with Crippen molar-refractivity contribution in [1.29, 1.82) is 0 Å². The number of nitrogens with one attached hydrogen (secondary N) is 1. The molecule has 0 bridgehead atoms. The number of hydrogen-bond donors (Lipinski definition) is 1. The minimum atomic E-state index is -4.44. The molecule has 1 atom stereocenters. The van der Waals surface area contributed by atoms with Crippen molar-refractivity contribution in [3.8, 4) is 5.69 Å². The summed E-state index contributed by atoms with van der Waals surface area (Å²) >= 11 is 6.00. The summed E-state index contributed by atoms with van der Waals surface area (Å²) in [4.78, 5) is 0. The van der Waals surface area contributed by atoms with Gasteiger partial charge in [-0.2, -0.15) is 13.2 Å². The molecule has 1 heterocycles. The normalized spacial score (nSPS) is 13.5. The molecular formula is C13H14ClF3N4. The summed E-state index contributed by atoms with van der Waals surface area (Å²) in [6.07, 6.45) is -4.44. The van der Waals surface area contributed by atoms with Crippen molar-refractivity contribution in [1.82, 2.24) is 20.3 Å². The molecule has 1 aromatic heterocycles. The first-order valence-corrected chi connectivity index (χ1v) is 6.60. The third kappa shape index (κ3) is 3.03. The Morgan fingerprint density at radius 3 is 2.57 bits per heavy atom. The SMILES string of the molecule is CNC(C)c1nnn(-c2cc(C(F)(F)F)ccc2Cl)c1C. The first-order valence-electron chi connectivity index (χ1n) is 6.22. The molecule has 1 unspecified atom stereocenters. The topological polar surface area (TPSA) is 42.7 Å². The summed E-state index contributed by atoms with van der Waals surface area (Å²) in [6, 6.07) is 3.05. The molecule has 0 fully saturated rings. The van der Waals surface area contributed by atoms with Gasteiger partial charge in [-0.05, 0) is 39.1 Å². The van der Waals surface area contributed by atoms with Crippen LogP contribution in [0.4, 0.5) is 13.2 Å². The number of hydrogen-bond acceptors (Lipinski definition) is 3. The van der Waals surface area contributed by atoms with Crippen molar-refractivity contribution in [2.45, 2.75) is 26.1 Å². The Kier molecular flexibility index (Phi) is 4.25. The van der Waals surface area contributed by atoms with Crippen LogP contribution in [0.5, 0.6) is 0 Å². The summed E-state index contributed by atoms with van der Waals surface area (Å²) in [5, 5.41) is 11.1. The molecular weight excluding hydrogens is 305 g/mol. The molecule has 0 saturated heterocycles. The molecule has 0 aliphatic heterocycles. The van der Waals surface area contributed by atoms with E-state index in [1.54, 1.807) is 14.0 Å². The number of rotatable bonds is 3. The third-order valence-corrected chi connectivity index (χ3v) is 3.59. The molecule has 1 aromatic carbocycles. The van der Waals surface area contributed by atoms with Crippen LogP contribution in [0.3, 0.4) is 0 Å². The summed E-state index contributed by atoms with van der Waals surface area (Å²) in [5.74, 6) is 0. The van der Waals surface area contributed by atoms with E-state index in [1.807, 2.05) is 6.92 Å². The number of alkyl halides is 3. The summed E-state index contributed by atoms with van der Waals surface area (Å²) in [6.45, 7) is 3.62. The average Bonchev–Trinajstić information content (AvgIpc) is 2.79. The van der Waals surface area contributed by atoms with Gasteiger partial charge in [-0.15, -0.1) is 5.10 Å². The third-order valence-electron chi connectivity index (χ3n) is 3.28. The van der Waals surface area contributed by atoms with Crippen molar-refractivity contribution in [3.05, 3.63) is 40.2 Å². The zero-order valence-electron chi connectivity index (χ0n) is 11.7. The van der Waals surface area contributed by atoms with E-state index in [9.17, 15) is 13.2 Å². The molecule has 21 heavy (non-hydrogen) atoms. The van der Waals surface area contributed by atoms with Crippen LogP contribution in [0.25, 0.3) is 5.69 Å². The van der Waals surface area contributed by atoms with Gasteiger partial charge in [-0.25, -0.2) is 4.68 Å². The Balaban J connectivity index is 2.54. The Morgan fingerprint density at radius 1 is 1.33 bits per heavy atom. The molecule has 0 saturated carbocycles. The fourth-order valence-electron chi connectivity index (χ4n) is 1.96. The van der Waals surface area contributed by atoms with Crippen molar-refractivity contribution in [3.63, 3.8) is 0 Å². The summed E-state index contributed by atoms with van der Waals surface area (Å²) in [5.41, 5.74) is 0.676. The van der Waals surface area contributed by atoms with Gasteiger partial charge in [0.1, 0.15) is 5.69 Å². The van der Waals surface area contributed by atoms with Gasteiger partial charge in [0.2, 0.25) is 0 Å². The van der Waals surface area contributed by atoms with E-state index in [0.29, 0.717) is 11.4 Å². The average molecular weight is 319 g/mol. The quantitative estimate of drug-likeness (QED) is 0.941. The van der Waals surface area contributed by atoms with Crippen molar-refractivity contribution < 1.29 is 13.2 Å². The van der Waals surface area contributed by atoms with Crippen LogP contribution in [-0.2, 0) is 6.18 Å². The summed E-state index contributed by atoms with van der Waals surface area (Å²) < 4.78 is 39.7. The lowest BCUT2D eigenvalue weighted by Crippen LogP contribution is -2.14. The van der Waals surface area contributed by atoms with Gasteiger partial charge in [0.25, 0.3) is 0 Å². The lowest BCUT2D eigenvalue weighted by atomic mass is 10.1. The fourth-order valence-corrected chi connectivity index (χ4v) is 2.16. The van der Waals surface area contributed by atoms with E-state index < -0.39 is 11.7 Å². The first-order chi connectivity index (χ1) is 9.75. The van der Waals surface area contributed by atoms with Gasteiger partial charge >= 0.3 is 6.18 Å². The van der Waals surface area contributed by atoms with Gasteiger partial charge < -0.3 is 5.32 Å². The maximum Gasteiger partial charge on any atom is 0.416 e. The number of halogens is 4. The largest absolute Gasteiger partial charge is 0.416 e. The second kappa shape index (κ2) is 5.65. The molecule has 2 aromatic rings. The molecule has 8 heteroatoms. The van der Waals surface area contributed by atoms with Gasteiger partial charge in [-0.1, -0.05) is 16.8 Å². The smallest absolute Gasteiger partial charge is 0.312 e. The molecule has 2 rings (SSSR count). The van der Waals surface area contributed by atoms with Crippen LogP contribution in [0, 0.1) is 6.92 Å². The monoisotopic (exact) mass is 318 g/mol. The lowest BCUT2D eigenvalue weighted by molar-refractivity contribution is -0.137. The molecule has 0 amide bonds. The number of aromatic nitrogens is 3. The van der Waals surface area contributed by atoms with Crippen molar-refractivity contribution in [2.24, 2.45) is 0 Å². The van der Waals surface area contributed by atoms with E-state index in [0.717, 1.165) is 12.1 Å². The van der Waals surface area contributed by atoms with Crippen LogP contribution in [0.15, 0.2) is 18.2 Å². The second-order valence-electron chi connectivity index (χ2n) is 4.65. The van der Waals surface area contributed by atoms with Gasteiger partial charge in [-0.3, -0.25) is 0 Å². The Morgan fingerprint density at radius 2 is 2.00 bits per heavy atom. The van der Waals surface area contributed by atoms with Gasteiger partial charge in [0.05, 0.1) is 28.0 Å². The number of benzene rings is 1. The highest BCUT2D eigenvalue weighted by Crippen LogP contribution is 2.33. The molecule has 1 N–H and O–H groups in total. The zero-order chi connectivity index (χ0) is 15.8. The standard InChI is InChI=1S/C13H14ClF3N4/c1-7(18-3)12-8(2)21(20-19-12)11-6-9(13(15,16)17)4-5-10(11)14/h4-7,18H,1-3H3. The lowest BCUT2D eigenvalue weighted by Gasteiger charge is -2.12. The Labute approximate surface area is 124 Å². The highest BCUT2D eigenvalue weighted by Gasteiger charge is 2.31. The fraction of sp³-hybridized carbons (Fsp3) is 0.385. The molecule has 0 aliphatic rings. The van der Waals surface area contributed by atoms with Crippen molar-refractivity contribution in [2.75, 3.05) is 7.05 Å². The van der Waals surface area contributed by atoms with E-state index in [2.05, 4.69) is 15.6 Å². The number of nitrogens with zero attached hydrogens (tertiary/aromatic N) is 3. The van der Waals surface area contributed by atoms with E-state index >= 15 is 0 Å². The highest BCUT2D eigenvalue weighted by molar-refractivity contribution is 6.32. The molecule has 0 spiro atoms. The predicted molar refractivity (Wildman–Crippen MR) is 73.6 cm³/mol. The Bertz CT molecular complexity index is 651. The van der Waals surface area contributed by atoms with Crippen LogP contribution < -0.4 is 5.32 Å². The minimum Gasteiger partial charge on any atom is -0.312 e. The Hall–Kier alpha value is -1.60. The van der Waals surface area contributed by atoms with Crippen LogP contribution in [-0.4, -0.2) is 22.0 Å². The minimum absolute atomic E-state index is 0.0664. The first kappa shape index (κ1) is 15.8. The summed E-state index contributed by atoms with van der Waals surface area (Å²) in [7, 11) is 1.76. The van der Waals surface area contributed by atoms with E-state index in [-0.39, 0.29) is 16.8 Å². The maximum absolute atomic E-state index is 12.8. The van der Waals surface area contributed by atoms with E-state index in [1.165, 1.54) is 10.7 Å². The zero-order valence-corrected chi connectivity index (χ0v) is 12.4. The van der Waals surface area contributed by atoms with Crippen LogP contribution in [0.1, 0.15) is 29.9 Å². The highest BCUT2D eigenvalue weighted by atomic mass is 35.5. The van der Waals surface area contributed by atoms with Crippen LogP contribution in [0.2, 0.25) is 5.02 Å². The van der Waals surface area contributed by atoms with Crippen LogP contribution >= 0.6 is 11.6 Å².